The van der Waals surface area contributed by atoms with Gasteiger partial charge in [0.2, 0.25) is 11.8 Å². The van der Waals surface area contributed by atoms with E-state index in [9.17, 15) is 0 Å². The van der Waals surface area contributed by atoms with E-state index in [0.29, 0.717) is 16.8 Å². The molecular formula is C9H10ClN5O2. The molecule has 0 bridgehead atoms. The maximum Gasteiger partial charge on any atom is 0.257 e. The molecule has 0 unspecified atom stereocenters. The minimum atomic E-state index is 0.206. The van der Waals surface area contributed by atoms with Gasteiger partial charge in [0.1, 0.15) is 5.02 Å². The third-order valence-corrected chi connectivity index (χ3v) is 2.28. The number of methoxy groups -OCH3 is 2. The van der Waals surface area contributed by atoms with Gasteiger partial charge in [-0.15, -0.1) is 5.10 Å². The number of nitrogens with two attached hydrogens (primary N) is 1. The Hall–Kier alpha value is -2.02. The molecule has 0 saturated heterocycles. The molecular weight excluding hydrogens is 246 g/mol. The van der Waals surface area contributed by atoms with Crippen LogP contribution in [0.4, 0.5) is 5.82 Å². The molecule has 2 N–H and O–H groups in total. The fraction of sp³-hybridized carbons (Fsp3) is 0.222. The van der Waals surface area contributed by atoms with Crippen molar-refractivity contribution in [2.45, 2.75) is 0 Å². The zero-order chi connectivity index (χ0) is 12.4. The van der Waals surface area contributed by atoms with Crippen LogP contribution in [0.1, 0.15) is 0 Å². The van der Waals surface area contributed by atoms with Gasteiger partial charge >= 0.3 is 0 Å². The highest BCUT2D eigenvalue weighted by Gasteiger charge is 2.10. The number of anilines is 1. The highest BCUT2D eigenvalue weighted by molar-refractivity contribution is 6.32. The molecule has 0 spiro atoms. The Morgan fingerprint density at radius 1 is 1.24 bits per heavy atom. The Morgan fingerprint density at radius 3 is 2.24 bits per heavy atom. The van der Waals surface area contributed by atoms with Crippen LogP contribution in [0.3, 0.4) is 0 Å². The maximum absolute atomic E-state index is 5.80. The summed E-state index contributed by atoms with van der Waals surface area (Å²) in [6.45, 7) is 0. The second-order valence-electron chi connectivity index (χ2n) is 3.06. The summed E-state index contributed by atoms with van der Waals surface area (Å²) in [6.07, 6.45) is 1.51. The van der Waals surface area contributed by atoms with E-state index in [-0.39, 0.29) is 11.8 Å². The summed E-state index contributed by atoms with van der Waals surface area (Å²) in [7, 11) is 2.99. The first-order chi connectivity index (χ1) is 8.13. The summed E-state index contributed by atoms with van der Waals surface area (Å²) >= 11 is 5.80. The van der Waals surface area contributed by atoms with E-state index in [0.717, 1.165) is 0 Å². The van der Waals surface area contributed by atoms with Crippen LogP contribution in [0.5, 0.6) is 11.8 Å². The highest BCUT2D eigenvalue weighted by Crippen LogP contribution is 2.20. The van der Waals surface area contributed by atoms with Gasteiger partial charge in [0, 0.05) is 0 Å². The topological polar surface area (TPSA) is 88.1 Å². The molecule has 2 aromatic heterocycles. The molecule has 8 heteroatoms. The van der Waals surface area contributed by atoms with Crippen molar-refractivity contribution in [1.29, 1.82) is 0 Å². The zero-order valence-electron chi connectivity index (χ0n) is 9.22. The first-order valence-electron chi connectivity index (χ1n) is 4.62. The van der Waals surface area contributed by atoms with Crippen molar-refractivity contribution < 1.29 is 9.47 Å². The smallest absolute Gasteiger partial charge is 0.257 e. The number of nitrogen functional groups attached to an aromatic ring is 1. The van der Waals surface area contributed by atoms with Crippen LogP contribution in [-0.2, 0) is 0 Å². The lowest BCUT2D eigenvalue weighted by atomic mass is 10.6. The van der Waals surface area contributed by atoms with Gasteiger partial charge in [0.05, 0.1) is 26.5 Å². The van der Waals surface area contributed by atoms with Crippen molar-refractivity contribution in [3.63, 3.8) is 0 Å². The summed E-state index contributed by atoms with van der Waals surface area (Å²) in [5.74, 6) is 1.19. The lowest BCUT2D eigenvalue weighted by Gasteiger charge is -2.05. The number of halogens is 1. The SMILES string of the molecule is COc1cc(OC)nc(-n2cc(Cl)c(N)n2)n1. The summed E-state index contributed by atoms with van der Waals surface area (Å²) < 4.78 is 11.4. The number of hydrogen-bond acceptors (Lipinski definition) is 6. The van der Waals surface area contributed by atoms with Crippen LogP contribution < -0.4 is 15.2 Å². The summed E-state index contributed by atoms with van der Waals surface area (Å²) in [5.41, 5.74) is 5.54. The molecule has 17 heavy (non-hydrogen) atoms. The van der Waals surface area contributed by atoms with Crippen LogP contribution in [0.2, 0.25) is 5.02 Å². The Bertz CT molecular complexity index is 500. The van der Waals surface area contributed by atoms with Crippen LogP contribution in [0.15, 0.2) is 12.3 Å². The van der Waals surface area contributed by atoms with Gasteiger partial charge in [0.25, 0.3) is 5.95 Å². The number of rotatable bonds is 3. The first kappa shape index (κ1) is 11.5. The molecule has 0 aliphatic rings. The molecule has 90 valence electrons. The highest BCUT2D eigenvalue weighted by atomic mass is 35.5. The average molecular weight is 256 g/mol. The molecule has 2 heterocycles. The molecule has 2 rings (SSSR count). The second-order valence-corrected chi connectivity index (χ2v) is 3.47. The standard InChI is InChI=1S/C9H10ClN5O2/c1-16-6-3-7(17-2)13-9(12-6)15-4-5(10)8(11)14-15/h3-4H,1-2H3,(H2,11,14). The first-order valence-corrected chi connectivity index (χ1v) is 5.00. The molecule has 0 amide bonds. The van der Waals surface area contributed by atoms with Gasteiger partial charge in [0.15, 0.2) is 5.82 Å². The molecule has 0 aliphatic heterocycles. The largest absolute Gasteiger partial charge is 0.481 e. The predicted octanol–water partition coefficient (Wildman–Crippen LogP) is 0.915. The number of aromatic nitrogens is 4. The predicted molar refractivity (Wildman–Crippen MR) is 61.7 cm³/mol. The van der Waals surface area contributed by atoms with Crippen molar-refractivity contribution in [2.75, 3.05) is 20.0 Å². The van der Waals surface area contributed by atoms with Crippen LogP contribution in [0, 0.1) is 0 Å². The summed E-state index contributed by atoms with van der Waals surface area (Å²) in [5, 5.41) is 4.29. The number of hydrogen-bond donors (Lipinski definition) is 1. The Morgan fingerprint density at radius 2 is 1.82 bits per heavy atom. The number of nitrogens with zero attached hydrogens (tertiary/aromatic N) is 4. The zero-order valence-corrected chi connectivity index (χ0v) is 9.97. The fourth-order valence-corrected chi connectivity index (χ4v) is 1.30. The van der Waals surface area contributed by atoms with Crippen LogP contribution in [0.25, 0.3) is 5.95 Å². The van der Waals surface area contributed by atoms with E-state index in [4.69, 9.17) is 26.8 Å². The molecule has 0 saturated carbocycles. The maximum atomic E-state index is 5.80. The van der Waals surface area contributed by atoms with Crippen molar-refractivity contribution in [2.24, 2.45) is 0 Å². The minimum absolute atomic E-state index is 0.206. The van der Waals surface area contributed by atoms with E-state index >= 15 is 0 Å². The van der Waals surface area contributed by atoms with E-state index in [1.165, 1.54) is 25.1 Å². The molecule has 0 radical (unpaired) electrons. The quantitative estimate of drug-likeness (QED) is 0.877. The van der Waals surface area contributed by atoms with Crippen molar-refractivity contribution in [3.05, 3.63) is 17.3 Å². The molecule has 2 aromatic rings. The van der Waals surface area contributed by atoms with E-state index in [1.54, 1.807) is 6.07 Å². The molecule has 0 atom stereocenters. The van der Waals surface area contributed by atoms with E-state index in [1.807, 2.05) is 0 Å². The molecule has 0 fully saturated rings. The minimum Gasteiger partial charge on any atom is -0.481 e. The van der Waals surface area contributed by atoms with Crippen molar-refractivity contribution in [3.8, 4) is 17.7 Å². The average Bonchev–Trinajstić information content (AvgIpc) is 2.69. The van der Waals surface area contributed by atoms with Gasteiger partial charge in [-0.3, -0.25) is 0 Å². The second kappa shape index (κ2) is 4.46. The molecule has 0 aromatic carbocycles. The third kappa shape index (κ3) is 2.23. The fourth-order valence-electron chi connectivity index (χ4n) is 1.17. The summed E-state index contributed by atoms with van der Waals surface area (Å²) in [6, 6.07) is 1.55. The monoisotopic (exact) mass is 255 g/mol. The van der Waals surface area contributed by atoms with Gasteiger partial charge in [-0.2, -0.15) is 9.97 Å². The lowest BCUT2D eigenvalue weighted by Crippen LogP contribution is -2.05. The van der Waals surface area contributed by atoms with Gasteiger partial charge < -0.3 is 15.2 Å². The molecule has 7 nitrogen and oxygen atoms in total. The van der Waals surface area contributed by atoms with Crippen molar-refractivity contribution >= 4 is 17.4 Å². The number of ether oxygens (including phenoxy) is 2. The van der Waals surface area contributed by atoms with Crippen molar-refractivity contribution in [1.82, 2.24) is 19.7 Å². The van der Waals surface area contributed by atoms with Gasteiger partial charge in [-0.25, -0.2) is 4.68 Å². The lowest BCUT2D eigenvalue weighted by molar-refractivity contribution is 0.370. The summed E-state index contributed by atoms with van der Waals surface area (Å²) in [4.78, 5) is 8.19. The van der Waals surface area contributed by atoms with Crippen LogP contribution >= 0.6 is 11.6 Å². The Balaban J connectivity index is 2.50. The van der Waals surface area contributed by atoms with Gasteiger partial charge in [-0.1, -0.05) is 11.6 Å². The molecule has 0 aliphatic carbocycles. The van der Waals surface area contributed by atoms with E-state index in [2.05, 4.69) is 15.1 Å². The van der Waals surface area contributed by atoms with Crippen LogP contribution in [-0.4, -0.2) is 34.0 Å². The third-order valence-electron chi connectivity index (χ3n) is 1.99. The Kier molecular flexibility index (Phi) is 3.01. The normalized spacial score (nSPS) is 10.3. The van der Waals surface area contributed by atoms with E-state index < -0.39 is 0 Å². The Labute approximate surface area is 102 Å². The van der Waals surface area contributed by atoms with Gasteiger partial charge in [-0.05, 0) is 0 Å².